The first-order valence-electron chi connectivity index (χ1n) is 9.46. The van der Waals surface area contributed by atoms with Gasteiger partial charge in [-0.3, -0.25) is 9.69 Å². The van der Waals surface area contributed by atoms with Crippen molar-refractivity contribution in [3.8, 4) is 0 Å². The van der Waals surface area contributed by atoms with Crippen LogP contribution in [0.5, 0.6) is 0 Å². The average molecular weight is 419 g/mol. The van der Waals surface area contributed by atoms with E-state index in [4.69, 9.17) is 0 Å². The molecule has 1 fully saturated rings. The summed E-state index contributed by atoms with van der Waals surface area (Å²) in [4.78, 5) is 31.5. The SMILES string of the molecule is Cc1ccc(S(=O)(=O)NC(=O)N2CCN(CC(=O)c3cc(C)[nH]c3C)CC2)cc1. The van der Waals surface area contributed by atoms with Crippen LogP contribution in [-0.2, 0) is 10.0 Å². The summed E-state index contributed by atoms with van der Waals surface area (Å²) in [5.41, 5.74) is 3.42. The lowest BCUT2D eigenvalue weighted by molar-refractivity contribution is 0.0880. The van der Waals surface area contributed by atoms with Gasteiger partial charge in [-0.1, -0.05) is 17.7 Å². The first kappa shape index (κ1) is 21.1. The molecule has 1 aromatic heterocycles. The zero-order chi connectivity index (χ0) is 21.2. The number of hydrogen-bond donors (Lipinski definition) is 2. The Balaban J connectivity index is 1.53. The normalized spacial score (nSPS) is 15.3. The predicted molar refractivity (Wildman–Crippen MR) is 110 cm³/mol. The molecule has 1 aliphatic heterocycles. The number of piperazine rings is 1. The minimum atomic E-state index is -3.91. The molecule has 2 N–H and O–H groups in total. The molecule has 8 nitrogen and oxygen atoms in total. The van der Waals surface area contributed by atoms with Gasteiger partial charge in [-0.25, -0.2) is 17.9 Å². The number of urea groups is 1. The van der Waals surface area contributed by atoms with E-state index in [1.807, 2.05) is 31.7 Å². The monoisotopic (exact) mass is 418 g/mol. The van der Waals surface area contributed by atoms with E-state index in [9.17, 15) is 18.0 Å². The molecule has 0 unspecified atom stereocenters. The van der Waals surface area contributed by atoms with Crippen LogP contribution < -0.4 is 4.72 Å². The predicted octanol–water partition coefficient (Wildman–Crippen LogP) is 1.84. The van der Waals surface area contributed by atoms with Gasteiger partial charge in [0.05, 0.1) is 11.4 Å². The second-order valence-electron chi connectivity index (χ2n) is 7.40. The maximum Gasteiger partial charge on any atom is 0.331 e. The van der Waals surface area contributed by atoms with Crippen LogP contribution in [0, 0.1) is 20.8 Å². The van der Waals surface area contributed by atoms with E-state index in [1.54, 1.807) is 12.1 Å². The highest BCUT2D eigenvalue weighted by Gasteiger charge is 2.26. The molecule has 0 saturated carbocycles. The number of rotatable bonds is 5. The van der Waals surface area contributed by atoms with Crippen molar-refractivity contribution in [2.45, 2.75) is 25.7 Å². The van der Waals surface area contributed by atoms with Crippen molar-refractivity contribution < 1.29 is 18.0 Å². The highest BCUT2D eigenvalue weighted by atomic mass is 32.2. The summed E-state index contributed by atoms with van der Waals surface area (Å²) in [6.45, 7) is 7.63. The maximum atomic E-state index is 12.5. The summed E-state index contributed by atoms with van der Waals surface area (Å²) in [6.07, 6.45) is 0. The Morgan fingerprint density at radius 2 is 1.66 bits per heavy atom. The second kappa shape index (κ2) is 8.38. The van der Waals surface area contributed by atoms with Crippen molar-refractivity contribution in [1.29, 1.82) is 0 Å². The minimum absolute atomic E-state index is 0.0340. The maximum absolute atomic E-state index is 12.5. The number of hydrogen-bond acceptors (Lipinski definition) is 5. The fourth-order valence-corrected chi connectivity index (χ4v) is 4.34. The van der Waals surface area contributed by atoms with Crippen LogP contribution in [0.2, 0.25) is 0 Å². The number of nitrogens with zero attached hydrogens (tertiary/aromatic N) is 2. The van der Waals surface area contributed by atoms with Gasteiger partial charge in [0.15, 0.2) is 5.78 Å². The van der Waals surface area contributed by atoms with Gasteiger partial charge >= 0.3 is 6.03 Å². The topological polar surface area (TPSA) is 103 Å². The molecule has 1 saturated heterocycles. The van der Waals surface area contributed by atoms with E-state index in [1.165, 1.54) is 17.0 Å². The number of amides is 2. The molecule has 0 radical (unpaired) electrons. The van der Waals surface area contributed by atoms with Gasteiger partial charge in [0, 0.05) is 43.1 Å². The summed E-state index contributed by atoms with van der Waals surface area (Å²) in [6, 6.07) is 7.51. The van der Waals surface area contributed by atoms with Crippen LogP contribution in [-0.4, -0.2) is 67.7 Å². The van der Waals surface area contributed by atoms with Crippen molar-refractivity contribution in [2.75, 3.05) is 32.7 Å². The largest absolute Gasteiger partial charge is 0.362 e. The summed E-state index contributed by atoms with van der Waals surface area (Å²) >= 11 is 0. The molecular formula is C20H26N4O4S. The van der Waals surface area contributed by atoms with E-state index in [0.717, 1.165) is 17.0 Å². The second-order valence-corrected chi connectivity index (χ2v) is 9.08. The standard InChI is InChI=1S/C20H26N4O4S/c1-14-4-6-17(7-5-14)29(27,28)22-20(26)24-10-8-23(9-11-24)13-19(25)18-12-15(2)21-16(18)3/h4-7,12,21H,8-11,13H2,1-3H3,(H,22,26). The highest BCUT2D eigenvalue weighted by molar-refractivity contribution is 7.90. The Hall–Kier alpha value is -2.65. The Bertz CT molecular complexity index is 1000. The molecule has 1 aromatic carbocycles. The smallest absolute Gasteiger partial charge is 0.331 e. The van der Waals surface area contributed by atoms with Gasteiger partial charge in [-0.15, -0.1) is 0 Å². The fourth-order valence-electron chi connectivity index (χ4n) is 3.37. The third kappa shape index (κ3) is 5.04. The molecule has 0 aliphatic carbocycles. The molecular weight excluding hydrogens is 392 g/mol. The van der Waals surface area contributed by atoms with Gasteiger partial charge in [0.25, 0.3) is 10.0 Å². The van der Waals surface area contributed by atoms with E-state index in [0.29, 0.717) is 31.7 Å². The number of sulfonamides is 1. The number of aromatic nitrogens is 1. The van der Waals surface area contributed by atoms with Gasteiger partial charge in [-0.2, -0.15) is 0 Å². The quantitative estimate of drug-likeness (QED) is 0.722. The highest BCUT2D eigenvalue weighted by Crippen LogP contribution is 2.13. The number of nitrogens with one attached hydrogen (secondary N) is 2. The number of aryl methyl sites for hydroxylation is 3. The third-order valence-corrected chi connectivity index (χ3v) is 6.37. The van der Waals surface area contributed by atoms with Crippen LogP contribution in [0.25, 0.3) is 0 Å². The lowest BCUT2D eigenvalue weighted by Gasteiger charge is -2.34. The Morgan fingerprint density at radius 3 is 2.21 bits per heavy atom. The summed E-state index contributed by atoms with van der Waals surface area (Å²) < 4.78 is 26.9. The number of aromatic amines is 1. The van der Waals surface area contributed by atoms with Crippen LogP contribution in [0.15, 0.2) is 35.2 Å². The lowest BCUT2D eigenvalue weighted by atomic mass is 10.1. The number of ketones is 1. The molecule has 0 atom stereocenters. The van der Waals surface area contributed by atoms with Crippen molar-refractivity contribution in [2.24, 2.45) is 0 Å². The van der Waals surface area contributed by atoms with Gasteiger partial charge in [0.2, 0.25) is 0 Å². The number of benzene rings is 1. The van der Waals surface area contributed by atoms with Gasteiger partial charge in [-0.05, 0) is 39.0 Å². The van der Waals surface area contributed by atoms with Crippen molar-refractivity contribution in [1.82, 2.24) is 19.5 Å². The number of H-pyrrole nitrogens is 1. The number of carbonyl (C=O) groups is 2. The summed E-state index contributed by atoms with van der Waals surface area (Å²) in [7, 11) is -3.91. The van der Waals surface area contributed by atoms with E-state index < -0.39 is 16.1 Å². The molecule has 0 spiro atoms. The van der Waals surface area contributed by atoms with Gasteiger partial charge < -0.3 is 9.88 Å². The number of Topliss-reactive ketones (excluding diaryl/α,β-unsaturated/α-hetero) is 1. The van der Waals surface area contributed by atoms with E-state index in [-0.39, 0.29) is 17.2 Å². The molecule has 9 heteroatoms. The van der Waals surface area contributed by atoms with Crippen LogP contribution in [0.1, 0.15) is 27.3 Å². The minimum Gasteiger partial charge on any atom is -0.362 e. The molecule has 1 aliphatic rings. The first-order valence-corrected chi connectivity index (χ1v) is 10.9. The molecule has 2 aromatic rings. The third-order valence-electron chi connectivity index (χ3n) is 5.03. The molecule has 2 amide bonds. The van der Waals surface area contributed by atoms with Crippen LogP contribution >= 0.6 is 0 Å². The Kier molecular flexibility index (Phi) is 6.09. The number of carbonyl (C=O) groups excluding carboxylic acids is 2. The average Bonchev–Trinajstić information content (AvgIpc) is 3.00. The fraction of sp³-hybridized carbons (Fsp3) is 0.400. The van der Waals surface area contributed by atoms with Crippen LogP contribution in [0.3, 0.4) is 0 Å². The summed E-state index contributed by atoms with van der Waals surface area (Å²) in [5, 5.41) is 0. The zero-order valence-corrected chi connectivity index (χ0v) is 17.7. The molecule has 29 heavy (non-hydrogen) atoms. The van der Waals surface area contributed by atoms with E-state index >= 15 is 0 Å². The summed E-state index contributed by atoms with van der Waals surface area (Å²) in [5.74, 6) is 0.0340. The Morgan fingerprint density at radius 1 is 1.03 bits per heavy atom. The lowest BCUT2D eigenvalue weighted by Crippen LogP contribution is -2.53. The molecule has 3 rings (SSSR count). The van der Waals surface area contributed by atoms with Crippen molar-refractivity contribution in [3.05, 3.63) is 52.8 Å². The van der Waals surface area contributed by atoms with E-state index in [2.05, 4.69) is 9.71 Å². The van der Waals surface area contributed by atoms with Crippen LogP contribution in [0.4, 0.5) is 4.79 Å². The molecule has 0 bridgehead atoms. The molecule has 2 heterocycles. The zero-order valence-electron chi connectivity index (χ0n) is 16.9. The first-order chi connectivity index (χ1) is 13.7. The van der Waals surface area contributed by atoms with Crippen molar-refractivity contribution >= 4 is 21.8 Å². The Labute approximate surface area is 170 Å². The molecule has 156 valence electrons. The van der Waals surface area contributed by atoms with Gasteiger partial charge in [0.1, 0.15) is 0 Å². The van der Waals surface area contributed by atoms with Crippen molar-refractivity contribution in [3.63, 3.8) is 0 Å².